The van der Waals surface area contributed by atoms with E-state index in [0.717, 1.165) is 12.8 Å². The van der Waals surface area contributed by atoms with Crippen molar-refractivity contribution in [3.8, 4) is 0 Å². The first-order valence-corrected chi connectivity index (χ1v) is 7.04. The lowest BCUT2D eigenvalue weighted by molar-refractivity contribution is -0.139. The zero-order valence-electron chi connectivity index (χ0n) is 10.9. The number of aliphatic carboxylic acids is 1. The van der Waals surface area contributed by atoms with Gasteiger partial charge in [0, 0.05) is 18.4 Å². The van der Waals surface area contributed by atoms with Crippen molar-refractivity contribution >= 4 is 11.8 Å². The maximum Gasteiger partial charge on any atom is 0.326 e. The van der Waals surface area contributed by atoms with Crippen LogP contribution in [0.5, 0.6) is 0 Å². The third-order valence-electron chi connectivity index (χ3n) is 4.47. The molecule has 3 atom stereocenters. The molecule has 0 radical (unpaired) electrons. The molecule has 5 nitrogen and oxygen atoms in total. The minimum Gasteiger partial charge on any atom is -0.480 e. The van der Waals surface area contributed by atoms with E-state index in [1.807, 2.05) is 4.90 Å². The number of fused-ring (bicyclic) bond motifs is 1. The zero-order chi connectivity index (χ0) is 13.2. The molecule has 1 aliphatic heterocycles. The van der Waals surface area contributed by atoms with Crippen molar-refractivity contribution in [2.75, 3.05) is 4.90 Å². The van der Waals surface area contributed by atoms with E-state index >= 15 is 0 Å². The van der Waals surface area contributed by atoms with Crippen molar-refractivity contribution in [2.24, 2.45) is 5.92 Å². The summed E-state index contributed by atoms with van der Waals surface area (Å²) in [7, 11) is 0. The van der Waals surface area contributed by atoms with Gasteiger partial charge in [-0.3, -0.25) is 4.98 Å². The molecule has 102 valence electrons. The van der Waals surface area contributed by atoms with Crippen LogP contribution in [0.25, 0.3) is 0 Å². The first-order valence-electron chi connectivity index (χ1n) is 7.04. The van der Waals surface area contributed by atoms with Crippen LogP contribution in [0, 0.1) is 5.92 Å². The molecular weight excluding hydrogens is 242 g/mol. The van der Waals surface area contributed by atoms with Crippen LogP contribution in [0.4, 0.5) is 5.82 Å². The lowest BCUT2D eigenvalue weighted by Crippen LogP contribution is -2.55. The van der Waals surface area contributed by atoms with Crippen LogP contribution in [0.1, 0.15) is 38.5 Å². The minimum absolute atomic E-state index is 0.320. The Morgan fingerprint density at radius 2 is 2.05 bits per heavy atom. The van der Waals surface area contributed by atoms with Gasteiger partial charge in [0.2, 0.25) is 0 Å². The van der Waals surface area contributed by atoms with Crippen molar-refractivity contribution in [2.45, 2.75) is 50.6 Å². The Bertz CT molecular complexity index is 451. The standard InChI is InChI=1S/C14H19N3O2/c18-14(19)12-6-5-10-3-1-2-4-11(10)17(12)13-9-15-7-8-16-13/h7-12H,1-6H2,(H,18,19). The fourth-order valence-corrected chi connectivity index (χ4v) is 3.63. The highest BCUT2D eigenvalue weighted by molar-refractivity contribution is 5.78. The van der Waals surface area contributed by atoms with Gasteiger partial charge in [-0.05, 0) is 31.6 Å². The molecule has 1 N–H and O–H groups in total. The second kappa shape index (κ2) is 5.15. The van der Waals surface area contributed by atoms with Crippen LogP contribution in [0.3, 0.4) is 0 Å². The Hall–Kier alpha value is -1.65. The van der Waals surface area contributed by atoms with Crippen molar-refractivity contribution in [3.05, 3.63) is 18.6 Å². The van der Waals surface area contributed by atoms with Gasteiger partial charge in [0.1, 0.15) is 11.9 Å². The van der Waals surface area contributed by atoms with E-state index in [2.05, 4.69) is 9.97 Å². The molecule has 19 heavy (non-hydrogen) atoms. The van der Waals surface area contributed by atoms with Crippen LogP contribution >= 0.6 is 0 Å². The number of hydrogen-bond donors (Lipinski definition) is 1. The number of carboxylic acids is 1. The number of aromatic nitrogens is 2. The first-order chi connectivity index (χ1) is 9.27. The summed E-state index contributed by atoms with van der Waals surface area (Å²) in [5.74, 6) is 0.590. The second-order valence-electron chi connectivity index (χ2n) is 5.51. The summed E-state index contributed by atoms with van der Waals surface area (Å²) in [5.41, 5.74) is 0. The van der Waals surface area contributed by atoms with Crippen LogP contribution in [-0.4, -0.2) is 33.1 Å². The van der Waals surface area contributed by atoms with Crippen molar-refractivity contribution < 1.29 is 9.90 Å². The van der Waals surface area contributed by atoms with Gasteiger partial charge in [0.15, 0.2) is 0 Å². The lowest BCUT2D eigenvalue weighted by Gasteiger charge is -2.47. The highest BCUT2D eigenvalue weighted by Crippen LogP contribution is 2.39. The van der Waals surface area contributed by atoms with Crippen molar-refractivity contribution in [1.82, 2.24) is 9.97 Å². The van der Waals surface area contributed by atoms with Gasteiger partial charge in [0.25, 0.3) is 0 Å². The summed E-state index contributed by atoms with van der Waals surface area (Å²) < 4.78 is 0. The van der Waals surface area contributed by atoms with Crippen molar-refractivity contribution in [3.63, 3.8) is 0 Å². The van der Waals surface area contributed by atoms with Crippen LogP contribution < -0.4 is 4.90 Å². The predicted molar refractivity (Wildman–Crippen MR) is 70.9 cm³/mol. The fourth-order valence-electron chi connectivity index (χ4n) is 3.63. The van der Waals surface area contributed by atoms with Gasteiger partial charge < -0.3 is 10.0 Å². The van der Waals surface area contributed by atoms with E-state index in [1.165, 1.54) is 19.3 Å². The van der Waals surface area contributed by atoms with Gasteiger partial charge in [-0.1, -0.05) is 12.8 Å². The molecular formula is C14H19N3O2. The number of carboxylic acid groups (broad SMARTS) is 1. The number of hydrogen-bond acceptors (Lipinski definition) is 4. The third-order valence-corrected chi connectivity index (χ3v) is 4.47. The van der Waals surface area contributed by atoms with Crippen LogP contribution in [-0.2, 0) is 4.79 Å². The maximum absolute atomic E-state index is 11.5. The van der Waals surface area contributed by atoms with E-state index < -0.39 is 12.0 Å². The van der Waals surface area contributed by atoms with E-state index in [0.29, 0.717) is 24.2 Å². The van der Waals surface area contributed by atoms with E-state index in [1.54, 1.807) is 18.6 Å². The van der Waals surface area contributed by atoms with Crippen LogP contribution in [0.15, 0.2) is 18.6 Å². The summed E-state index contributed by atoms with van der Waals surface area (Å²) in [4.78, 5) is 22.0. The largest absolute Gasteiger partial charge is 0.480 e. The first kappa shape index (κ1) is 12.4. The molecule has 1 aromatic heterocycles. The highest BCUT2D eigenvalue weighted by Gasteiger charge is 2.41. The number of carbonyl (C=O) groups is 1. The SMILES string of the molecule is O=C(O)C1CCC2CCCCC2N1c1cnccn1. The van der Waals surface area contributed by atoms with Crippen molar-refractivity contribution in [1.29, 1.82) is 0 Å². The molecule has 0 aromatic carbocycles. The Labute approximate surface area is 112 Å². The maximum atomic E-state index is 11.5. The Morgan fingerprint density at radius 1 is 1.21 bits per heavy atom. The molecule has 5 heteroatoms. The average molecular weight is 261 g/mol. The third kappa shape index (κ3) is 2.29. The number of rotatable bonds is 2. The molecule has 1 saturated heterocycles. The molecule has 1 aromatic rings. The number of piperidine rings is 1. The fraction of sp³-hybridized carbons (Fsp3) is 0.643. The Morgan fingerprint density at radius 3 is 2.79 bits per heavy atom. The average Bonchev–Trinajstić information content (AvgIpc) is 2.46. The quantitative estimate of drug-likeness (QED) is 0.883. The molecule has 0 bridgehead atoms. The van der Waals surface area contributed by atoms with E-state index in [4.69, 9.17) is 0 Å². The zero-order valence-corrected chi connectivity index (χ0v) is 10.9. The molecule has 2 heterocycles. The summed E-state index contributed by atoms with van der Waals surface area (Å²) >= 11 is 0. The van der Waals surface area contributed by atoms with Crippen LogP contribution in [0.2, 0.25) is 0 Å². The molecule has 3 unspecified atom stereocenters. The molecule has 0 amide bonds. The van der Waals surface area contributed by atoms with Gasteiger partial charge in [-0.15, -0.1) is 0 Å². The Balaban J connectivity index is 1.94. The highest BCUT2D eigenvalue weighted by atomic mass is 16.4. The summed E-state index contributed by atoms with van der Waals surface area (Å²) in [6.07, 6.45) is 11.4. The van der Waals surface area contributed by atoms with Gasteiger partial charge in [0.05, 0.1) is 6.20 Å². The topological polar surface area (TPSA) is 66.3 Å². The molecule has 2 aliphatic rings. The number of anilines is 1. The minimum atomic E-state index is -0.741. The monoisotopic (exact) mass is 261 g/mol. The molecule has 1 saturated carbocycles. The summed E-state index contributed by atoms with van der Waals surface area (Å²) in [5, 5.41) is 9.47. The number of nitrogens with zero attached hydrogens (tertiary/aromatic N) is 3. The van der Waals surface area contributed by atoms with Gasteiger partial charge in [-0.2, -0.15) is 0 Å². The normalized spacial score (nSPS) is 30.7. The molecule has 0 spiro atoms. The Kier molecular flexibility index (Phi) is 3.36. The van der Waals surface area contributed by atoms with Gasteiger partial charge in [-0.25, -0.2) is 9.78 Å². The molecule has 1 aliphatic carbocycles. The smallest absolute Gasteiger partial charge is 0.326 e. The second-order valence-corrected chi connectivity index (χ2v) is 5.51. The van der Waals surface area contributed by atoms with E-state index in [-0.39, 0.29) is 0 Å². The molecule has 2 fully saturated rings. The summed E-state index contributed by atoms with van der Waals surface area (Å²) in [6.45, 7) is 0. The van der Waals surface area contributed by atoms with Gasteiger partial charge >= 0.3 is 5.97 Å². The predicted octanol–water partition coefficient (Wildman–Crippen LogP) is 2.09. The summed E-state index contributed by atoms with van der Waals surface area (Å²) in [6, 6.07) is -0.128. The van der Waals surface area contributed by atoms with E-state index in [9.17, 15) is 9.90 Å². The molecule has 3 rings (SSSR count). The lowest BCUT2D eigenvalue weighted by atomic mass is 9.76.